The van der Waals surface area contributed by atoms with E-state index in [2.05, 4.69) is 0 Å². The van der Waals surface area contributed by atoms with Gasteiger partial charge >= 0.3 is 0 Å². The fourth-order valence-electron chi connectivity index (χ4n) is 3.93. The van der Waals surface area contributed by atoms with E-state index in [4.69, 9.17) is 16.3 Å². The Morgan fingerprint density at radius 3 is 2.44 bits per heavy atom. The van der Waals surface area contributed by atoms with Crippen molar-refractivity contribution >= 4 is 39.1 Å². The van der Waals surface area contributed by atoms with Crippen LogP contribution in [0.1, 0.15) is 13.3 Å². The Morgan fingerprint density at radius 2 is 1.72 bits per heavy atom. The van der Waals surface area contributed by atoms with Gasteiger partial charge in [-0.15, -0.1) is 0 Å². The third-order valence-electron chi connectivity index (χ3n) is 5.67. The minimum atomic E-state index is -3.72. The highest BCUT2D eigenvalue weighted by Crippen LogP contribution is 2.33. The molecular weight excluding hydrogens is 454 g/mol. The van der Waals surface area contributed by atoms with E-state index in [0.29, 0.717) is 11.4 Å². The van der Waals surface area contributed by atoms with Crippen molar-refractivity contribution < 1.29 is 22.7 Å². The summed E-state index contributed by atoms with van der Waals surface area (Å²) in [4.78, 5) is 28.7. The van der Waals surface area contributed by atoms with Crippen LogP contribution in [0, 0.1) is 0 Å². The summed E-state index contributed by atoms with van der Waals surface area (Å²) >= 11 is 6.07. The van der Waals surface area contributed by atoms with Crippen molar-refractivity contribution in [3.63, 3.8) is 0 Å². The monoisotopic (exact) mass is 477 g/mol. The molecule has 10 heteroatoms. The minimum Gasteiger partial charge on any atom is -0.479 e. The number of anilines is 1. The van der Waals surface area contributed by atoms with E-state index in [9.17, 15) is 18.0 Å². The van der Waals surface area contributed by atoms with Crippen molar-refractivity contribution in [1.29, 1.82) is 0 Å². The number of para-hydroxylation sites is 2. The summed E-state index contributed by atoms with van der Waals surface area (Å²) in [6.07, 6.45) is -0.470. The van der Waals surface area contributed by atoms with Gasteiger partial charge in [0.1, 0.15) is 10.6 Å². The van der Waals surface area contributed by atoms with Gasteiger partial charge < -0.3 is 14.5 Å². The summed E-state index contributed by atoms with van der Waals surface area (Å²) in [5.41, 5.74) is 0.652. The van der Waals surface area contributed by atoms with Gasteiger partial charge in [0.2, 0.25) is 15.9 Å². The van der Waals surface area contributed by atoms with Gasteiger partial charge in [-0.05, 0) is 31.2 Å². The largest absolute Gasteiger partial charge is 0.479 e. The molecule has 2 amide bonds. The molecule has 2 aromatic rings. The Bertz CT molecular complexity index is 1130. The molecule has 0 aliphatic carbocycles. The first kappa shape index (κ1) is 22.6. The topological polar surface area (TPSA) is 87.2 Å². The SMILES string of the molecule is C[C@@H]1Oc2ccccc2N(CCC(=O)N2CCN(S(=O)(=O)c3ccccc3Cl)CC2)C1=O. The second-order valence-corrected chi connectivity index (χ2v) is 10.00. The maximum absolute atomic E-state index is 12.9. The van der Waals surface area contributed by atoms with Crippen LogP contribution in [0.5, 0.6) is 5.75 Å². The Kier molecular flexibility index (Phi) is 6.41. The van der Waals surface area contributed by atoms with Crippen molar-refractivity contribution in [2.45, 2.75) is 24.3 Å². The predicted octanol–water partition coefficient (Wildman–Crippen LogP) is 2.38. The molecule has 2 heterocycles. The molecule has 0 saturated carbocycles. The van der Waals surface area contributed by atoms with Gasteiger partial charge in [-0.1, -0.05) is 35.9 Å². The fraction of sp³-hybridized carbons (Fsp3) is 0.364. The average molecular weight is 478 g/mol. The molecule has 1 fully saturated rings. The van der Waals surface area contributed by atoms with Gasteiger partial charge in [0, 0.05) is 39.1 Å². The van der Waals surface area contributed by atoms with E-state index in [1.165, 1.54) is 10.4 Å². The highest BCUT2D eigenvalue weighted by molar-refractivity contribution is 7.89. The lowest BCUT2D eigenvalue weighted by Gasteiger charge is -2.35. The number of amides is 2. The molecule has 4 rings (SSSR count). The quantitative estimate of drug-likeness (QED) is 0.659. The molecule has 0 spiro atoms. The number of carbonyl (C=O) groups excluding carboxylic acids is 2. The lowest BCUT2D eigenvalue weighted by Crippen LogP contribution is -2.51. The van der Waals surface area contributed by atoms with E-state index in [1.54, 1.807) is 47.1 Å². The molecule has 1 atom stereocenters. The first-order chi connectivity index (χ1) is 15.3. The zero-order valence-corrected chi connectivity index (χ0v) is 19.2. The molecule has 0 radical (unpaired) electrons. The van der Waals surface area contributed by atoms with Crippen LogP contribution in [0.4, 0.5) is 5.69 Å². The number of benzene rings is 2. The van der Waals surface area contributed by atoms with Crippen LogP contribution in [0.15, 0.2) is 53.4 Å². The number of sulfonamides is 1. The molecule has 1 saturated heterocycles. The van der Waals surface area contributed by atoms with Crippen LogP contribution in [-0.4, -0.2) is 68.3 Å². The number of halogens is 1. The Morgan fingerprint density at radius 1 is 1.06 bits per heavy atom. The van der Waals surface area contributed by atoms with E-state index < -0.39 is 16.1 Å². The Hall–Kier alpha value is -2.62. The van der Waals surface area contributed by atoms with Crippen LogP contribution in [-0.2, 0) is 19.6 Å². The van der Waals surface area contributed by atoms with E-state index in [1.807, 2.05) is 12.1 Å². The normalized spacial score (nSPS) is 19.4. The lowest BCUT2D eigenvalue weighted by atomic mass is 10.1. The maximum atomic E-state index is 12.9. The van der Waals surface area contributed by atoms with Crippen LogP contribution < -0.4 is 9.64 Å². The summed E-state index contributed by atoms with van der Waals surface area (Å²) < 4.78 is 32.7. The van der Waals surface area contributed by atoms with Gasteiger partial charge in [-0.3, -0.25) is 9.59 Å². The summed E-state index contributed by atoms with van der Waals surface area (Å²) in [5, 5.41) is 0.177. The standard InChI is InChI=1S/C22H24ClN3O5S/c1-16-22(28)26(18-7-3-4-8-19(18)31-16)11-10-21(27)24-12-14-25(15-13-24)32(29,30)20-9-5-2-6-17(20)23/h2-9,16H,10-15H2,1H3/t16-/m0/s1. The van der Waals surface area contributed by atoms with Crippen LogP contribution >= 0.6 is 11.6 Å². The van der Waals surface area contributed by atoms with Gasteiger partial charge in [-0.2, -0.15) is 4.31 Å². The van der Waals surface area contributed by atoms with Gasteiger partial charge in [0.15, 0.2) is 6.10 Å². The first-order valence-electron chi connectivity index (χ1n) is 10.4. The van der Waals surface area contributed by atoms with E-state index in [0.717, 1.165) is 0 Å². The number of hydrogen-bond acceptors (Lipinski definition) is 5. The lowest BCUT2D eigenvalue weighted by molar-refractivity contribution is -0.132. The third kappa shape index (κ3) is 4.32. The molecule has 2 aliphatic rings. The predicted molar refractivity (Wildman–Crippen MR) is 120 cm³/mol. The number of rotatable bonds is 5. The minimum absolute atomic E-state index is 0.0695. The van der Waals surface area contributed by atoms with E-state index >= 15 is 0 Å². The molecule has 0 bridgehead atoms. The van der Waals surface area contributed by atoms with Crippen molar-refractivity contribution in [2.75, 3.05) is 37.6 Å². The van der Waals surface area contributed by atoms with Crippen molar-refractivity contribution in [3.05, 3.63) is 53.6 Å². The van der Waals surface area contributed by atoms with Crippen LogP contribution in [0.25, 0.3) is 0 Å². The molecule has 0 N–H and O–H groups in total. The molecule has 8 nitrogen and oxygen atoms in total. The molecular formula is C22H24ClN3O5S. The second-order valence-electron chi connectivity index (χ2n) is 7.68. The highest BCUT2D eigenvalue weighted by atomic mass is 35.5. The van der Waals surface area contributed by atoms with Crippen LogP contribution in [0.2, 0.25) is 5.02 Å². The van der Waals surface area contributed by atoms with Gasteiger partial charge in [0.25, 0.3) is 5.91 Å². The van der Waals surface area contributed by atoms with Gasteiger partial charge in [0.05, 0.1) is 10.7 Å². The number of carbonyl (C=O) groups is 2. The van der Waals surface area contributed by atoms with Crippen molar-refractivity contribution in [2.24, 2.45) is 0 Å². The Balaban J connectivity index is 1.37. The van der Waals surface area contributed by atoms with E-state index in [-0.39, 0.29) is 60.9 Å². The molecule has 170 valence electrons. The van der Waals surface area contributed by atoms with Crippen LogP contribution in [0.3, 0.4) is 0 Å². The smallest absolute Gasteiger partial charge is 0.267 e. The molecule has 32 heavy (non-hydrogen) atoms. The molecule has 2 aliphatic heterocycles. The number of hydrogen-bond donors (Lipinski definition) is 0. The maximum Gasteiger partial charge on any atom is 0.267 e. The molecule has 0 aromatic heterocycles. The first-order valence-corrected chi connectivity index (χ1v) is 12.2. The molecule has 0 unspecified atom stereocenters. The number of nitrogens with zero attached hydrogens (tertiary/aromatic N) is 3. The zero-order chi connectivity index (χ0) is 22.9. The highest BCUT2D eigenvalue weighted by Gasteiger charge is 2.33. The third-order valence-corrected chi connectivity index (χ3v) is 8.07. The summed E-state index contributed by atoms with van der Waals surface area (Å²) in [7, 11) is -3.72. The summed E-state index contributed by atoms with van der Waals surface area (Å²) in [6, 6.07) is 13.6. The number of ether oxygens (including phenoxy) is 1. The van der Waals surface area contributed by atoms with Gasteiger partial charge in [-0.25, -0.2) is 8.42 Å². The second kappa shape index (κ2) is 9.09. The fourth-order valence-corrected chi connectivity index (χ4v) is 5.84. The summed E-state index contributed by atoms with van der Waals surface area (Å²) in [6.45, 7) is 2.87. The molecule has 2 aromatic carbocycles. The zero-order valence-electron chi connectivity index (χ0n) is 17.6. The van der Waals surface area contributed by atoms with Crippen molar-refractivity contribution in [1.82, 2.24) is 9.21 Å². The number of piperazine rings is 1. The average Bonchev–Trinajstić information content (AvgIpc) is 2.79. The summed E-state index contributed by atoms with van der Waals surface area (Å²) in [5.74, 6) is 0.307. The number of fused-ring (bicyclic) bond motifs is 1. The van der Waals surface area contributed by atoms with Crippen molar-refractivity contribution in [3.8, 4) is 5.75 Å². The Labute approximate surface area is 192 Å².